The molecule has 0 atom stereocenters. The highest BCUT2D eigenvalue weighted by Gasteiger charge is 2.29. The van der Waals surface area contributed by atoms with E-state index in [2.05, 4.69) is 17.3 Å². The highest BCUT2D eigenvalue weighted by atomic mass is 16.4. The Morgan fingerprint density at radius 1 is 1.14 bits per heavy atom. The van der Waals surface area contributed by atoms with E-state index in [1.54, 1.807) is 13.8 Å². The number of rotatable bonds is 3. The van der Waals surface area contributed by atoms with Crippen LogP contribution in [0.1, 0.15) is 26.7 Å². The fourth-order valence-electron chi connectivity index (χ4n) is 1.61. The zero-order chi connectivity index (χ0) is 16.6. The van der Waals surface area contributed by atoms with Gasteiger partial charge in [-0.15, -0.1) is 0 Å². The van der Waals surface area contributed by atoms with Crippen LogP contribution < -0.4 is 5.32 Å². The quantitative estimate of drug-likeness (QED) is 0.511. The van der Waals surface area contributed by atoms with Gasteiger partial charge in [-0.1, -0.05) is 0 Å². The highest BCUT2D eigenvalue weighted by Crippen LogP contribution is 2.16. The largest absolute Gasteiger partial charge is 0.473 e. The average Bonchev–Trinajstić information content (AvgIpc) is 2.41. The lowest BCUT2D eigenvalue weighted by Crippen LogP contribution is -2.48. The molecule has 21 heavy (non-hydrogen) atoms. The van der Waals surface area contributed by atoms with E-state index in [4.69, 9.17) is 24.9 Å². The van der Waals surface area contributed by atoms with Gasteiger partial charge in [-0.25, -0.2) is 9.59 Å². The SMILES string of the molecule is CN1CCC(NC(=O)C(C)(C)CO)CC1.O=C(O)C(=O)O. The predicted molar refractivity (Wildman–Crippen MR) is 74.8 cm³/mol. The zero-order valence-corrected chi connectivity index (χ0v) is 12.6. The molecule has 122 valence electrons. The maximum atomic E-state index is 11.8. The summed E-state index contributed by atoms with van der Waals surface area (Å²) >= 11 is 0. The summed E-state index contributed by atoms with van der Waals surface area (Å²) in [5, 5.41) is 26.9. The first-order valence-corrected chi connectivity index (χ1v) is 6.66. The first-order chi connectivity index (χ1) is 9.60. The van der Waals surface area contributed by atoms with Crippen LogP contribution in [0.3, 0.4) is 0 Å². The minimum atomic E-state index is -1.82. The molecular weight excluding hydrogens is 280 g/mol. The van der Waals surface area contributed by atoms with Gasteiger partial charge in [0.1, 0.15) is 0 Å². The average molecular weight is 304 g/mol. The number of piperidine rings is 1. The lowest BCUT2D eigenvalue weighted by atomic mass is 9.92. The van der Waals surface area contributed by atoms with Crippen molar-refractivity contribution in [3.05, 3.63) is 0 Å². The first-order valence-electron chi connectivity index (χ1n) is 6.66. The zero-order valence-electron chi connectivity index (χ0n) is 12.6. The molecule has 0 spiro atoms. The van der Waals surface area contributed by atoms with Crippen LogP contribution in [-0.4, -0.2) is 70.9 Å². The van der Waals surface area contributed by atoms with Crippen LogP contribution in [-0.2, 0) is 14.4 Å². The van der Waals surface area contributed by atoms with Crippen molar-refractivity contribution in [2.75, 3.05) is 26.7 Å². The standard InChI is InChI=1S/C11H22N2O2.C2H2O4/c1-11(2,8-14)10(15)12-9-4-6-13(3)7-5-9;3-1(4)2(5)6/h9,14H,4-8H2,1-3H3,(H,12,15);(H,3,4)(H,5,6). The van der Waals surface area contributed by atoms with Gasteiger partial charge < -0.3 is 25.5 Å². The smallest absolute Gasteiger partial charge is 0.414 e. The van der Waals surface area contributed by atoms with Crippen molar-refractivity contribution in [3.8, 4) is 0 Å². The number of amides is 1. The summed E-state index contributed by atoms with van der Waals surface area (Å²) in [4.78, 5) is 32.2. The molecule has 4 N–H and O–H groups in total. The number of nitrogens with zero attached hydrogens (tertiary/aromatic N) is 1. The number of nitrogens with one attached hydrogen (secondary N) is 1. The van der Waals surface area contributed by atoms with E-state index in [1.807, 2.05) is 0 Å². The van der Waals surface area contributed by atoms with Crippen molar-refractivity contribution in [1.82, 2.24) is 10.2 Å². The Balaban J connectivity index is 0.000000567. The van der Waals surface area contributed by atoms with Gasteiger partial charge in [0.15, 0.2) is 0 Å². The van der Waals surface area contributed by atoms with Crippen LogP contribution in [0.25, 0.3) is 0 Å². The molecule has 1 saturated heterocycles. The fourth-order valence-corrected chi connectivity index (χ4v) is 1.61. The molecule has 0 aromatic rings. The number of aliphatic hydroxyl groups excluding tert-OH is 1. The van der Waals surface area contributed by atoms with Gasteiger partial charge in [-0.2, -0.15) is 0 Å². The number of aliphatic carboxylic acids is 2. The molecule has 1 heterocycles. The van der Waals surface area contributed by atoms with Gasteiger partial charge in [0.2, 0.25) is 5.91 Å². The molecule has 8 heteroatoms. The molecule has 1 rings (SSSR count). The molecule has 0 aromatic carbocycles. The van der Waals surface area contributed by atoms with E-state index < -0.39 is 17.4 Å². The van der Waals surface area contributed by atoms with Crippen molar-refractivity contribution in [1.29, 1.82) is 0 Å². The maximum absolute atomic E-state index is 11.8. The van der Waals surface area contributed by atoms with E-state index in [0.29, 0.717) is 0 Å². The number of carboxylic acids is 2. The number of carbonyl (C=O) groups is 3. The molecule has 0 bridgehead atoms. The number of carbonyl (C=O) groups excluding carboxylic acids is 1. The van der Waals surface area contributed by atoms with Crippen molar-refractivity contribution < 1.29 is 29.7 Å². The van der Waals surface area contributed by atoms with Crippen LogP contribution in [0.5, 0.6) is 0 Å². The van der Waals surface area contributed by atoms with E-state index in [0.717, 1.165) is 25.9 Å². The lowest BCUT2D eigenvalue weighted by molar-refractivity contribution is -0.159. The molecule has 0 aromatic heterocycles. The Bertz CT molecular complexity index is 363. The van der Waals surface area contributed by atoms with E-state index in [-0.39, 0.29) is 18.6 Å². The van der Waals surface area contributed by atoms with Crippen LogP contribution in [0.2, 0.25) is 0 Å². The molecule has 1 amide bonds. The third kappa shape index (κ3) is 7.62. The number of hydrogen-bond acceptors (Lipinski definition) is 5. The Kier molecular flexibility index (Phi) is 7.90. The Morgan fingerprint density at radius 3 is 1.90 bits per heavy atom. The fraction of sp³-hybridized carbons (Fsp3) is 0.769. The highest BCUT2D eigenvalue weighted by molar-refractivity contribution is 6.27. The molecule has 0 radical (unpaired) electrons. The van der Waals surface area contributed by atoms with Gasteiger partial charge in [0.05, 0.1) is 12.0 Å². The summed E-state index contributed by atoms with van der Waals surface area (Å²) < 4.78 is 0. The summed E-state index contributed by atoms with van der Waals surface area (Å²) in [6.07, 6.45) is 2.01. The van der Waals surface area contributed by atoms with Gasteiger partial charge in [-0.3, -0.25) is 4.79 Å². The van der Waals surface area contributed by atoms with Crippen LogP contribution >= 0.6 is 0 Å². The number of hydrogen-bond donors (Lipinski definition) is 4. The Labute approximate surface area is 123 Å². The number of aliphatic hydroxyl groups is 1. The predicted octanol–water partition coefficient (Wildman–Crippen LogP) is -0.629. The monoisotopic (exact) mass is 304 g/mol. The summed E-state index contributed by atoms with van der Waals surface area (Å²) in [6.45, 7) is 5.48. The minimum absolute atomic E-state index is 0.0421. The second kappa shape index (κ2) is 8.58. The van der Waals surface area contributed by atoms with Crippen molar-refractivity contribution in [2.45, 2.75) is 32.7 Å². The van der Waals surface area contributed by atoms with E-state index >= 15 is 0 Å². The number of likely N-dealkylation sites (tertiary alicyclic amines) is 1. The van der Waals surface area contributed by atoms with Crippen molar-refractivity contribution >= 4 is 17.8 Å². The Hall–Kier alpha value is -1.67. The minimum Gasteiger partial charge on any atom is -0.473 e. The van der Waals surface area contributed by atoms with Gasteiger partial charge in [0, 0.05) is 6.04 Å². The van der Waals surface area contributed by atoms with Crippen LogP contribution in [0, 0.1) is 5.41 Å². The third-order valence-electron chi connectivity index (χ3n) is 3.25. The Morgan fingerprint density at radius 2 is 1.57 bits per heavy atom. The molecule has 1 aliphatic heterocycles. The summed E-state index contributed by atoms with van der Waals surface area (Å²) in [5.74, 6) is -3.69. The van der Waals surface area contributed by atoms with Crippen molar-refractivity contribution in [3.63, 3.8) is 0 Å². The third-order valence-corrected chi connectivity index (χ3v) is 3.25. The van der Waals surface area contributed by atoms with E-state index in [9.17, 15) is 4.79 Å². The summed E-state index contributed by atoms with van der Waals surface area (Å²) in [6, 6.07) is 0.277. The summed E-state index contributed by atoms with van der Waals surface area (Å²) in [7, 11) is 2.09. The first kappa shape index (κ1) is 19.3. The maximum Gasteiger partial charge on any atom is 0.414 e. The molecule has 0 unspecified atom stereocenters. The van der Waals surface area contributed by atoms with Crippen LogP contribution in [0.15, 0.2) is 0 Å². The molecule has 8 nitrogen and oxygen atoms in total. The second-order valence-electron chi connectivity index (χ2n) is 5.70. The van der Waals surface area contributed by atoms with Crippen molar-refractivity contribution in [2.24, 2.45) is 5.41 Å². The summed E-state index contributed by atoms with van der Waals surface area (Å²) in [5.41, 5.74) is -0.663. The molecule has 0 saturated carbocycles. The van der Waals surface area contributed by atoms with E-state index in [1.165, 1.54) is 0 Å². The normalized spacial score (nSPS) is 16.6. The molecule has 1 aliphatic rings. The second-order valence-corrected chi connectivity index (χ2v) is 5.70. The van der Waals surface area contributed by atoms with Crippen LogP contribution in [0.4, 0.5) is 0 Å². The molecule has 0 aliphatic carbocycles. The molecule has 1 fully saturated rings. The van der Waals surface area contributed by atoms with Gasteiger partial charge in [-0.05, 0) is 46.8 Å². The van der Waals surface area contributed by atoms with Gasteiger partial charge >= 0.3 is 11.9 Å². The topological polar surface area (TPSA) is 127 Å². The molecular formula is C13H24N2O6. The van der Waals surface area contributed by atoms with Gasteiger partial charge in [0.25, 0.3) is 0 Å². The number of carboxylic acid groups (broad SMARTS) is 2. The lowest BCUT2D eigenvalue weighted by Gasteiger charge is -2.31.